The number of nitrogens with one attached hydrogen (secondary N) is 1. The standard InChI is InChI=1S/C11H21F2N/c12-11(13)9-14-8-10-6-4-2-1-3-5-7-10/h10-11,14H,1-9H2. The molecule has 3 heteroatoms. The summed E-state index contributed by atoms with van der Waals surface area (Å²) in [5.74, 6) is 0.633. The van der Waals surface area contributed by atoms with Crippen LogP contribution in [0.25, 0.3) is 0 Å². The van der Waals surface area contributed by atoms with Gasteiger partial charge in [-0.05, 0) is 25.3 Å². The molecule has 1 aliphatic carbocycles. The van der Waals surface area contributed by atoms with Crippen LogP contribution in [0.1, 0.15) is 44.9 Å². The number of alkyl halides is 2. The van der Waals surface area contributed by atoms with Crippen molar-refractivity contribution in [1.29, 1.82) is 0 Å². The van der Waals surface area contributed by atoms with Crippen molar-refractivity contribution < 1.29 is 8.78 Å². The Labute approximate surface area is 85.3 Å². The number of halogens is 2. The average Bonchev–Trinajstić information content (AvgIpc) is 2.07. The molecule has 0 spiro atoms. The Morgan fingerprint density at radius 3 is 2.14 bits per heavy atom. The minimum absolute atomic E-state index is 0.142. The van der Waals surface area contributed by atoms with Crippen LogP contribution in [0.2, 0.25) is 0 Å². The molecule has 1 saturated carbocycles. The monoisotopic (exact) mass is 205 g/mol. The van der Waals surface area contributed by atoms with Crippen LogP contribution in [0.5, 0.6) is 0 Å². The van der Waals surface area contributed by atoms with Gasteiger partial charge in [0, 0.05) is 0 Å². The second-order valence-corrected chi connectivity index (χ2v) is 4.26. The molecule has 14 heavy (non-hydrogen) atoms. The largest absolute Gasteiger partial charge is 0.311 e. The fraction of sp³-hybridized carbons (Fsp3) is 1.00. The van der Waals surface area contributed by atoms with Gasteiger partial charge in [-0.1, -0.05) is 32.1 Å². The summed E-state index contributed by atoms with van der Waals surface area (Å²) in [6.45, 7) is 0.640. The fourth-order valence-electron chi connectivity index (χ4n) is 2.14. The third-order valence-electron chi connectivity index (χ3n) is 2.96. The van der Waals surface area contributed by atoms with Gasteiger partial charge in [0.15, 0.2) is 0 Å². The molecule has 0 radical (unpaired) electrons. The zero-order valence-corrected chi connectivity index (χ0v) is 8.77. The molecule has 84 valence electrons. The lowest BCUT2D eigenvalue weighted by atomic mass is 9.91. The van der Waals surface area contributed by atoms with E-state index in [-0.39, 0.29) is 6.54 Å². The second kappa shape index (κ2) is 7.16. The van der Waals surface area contributed by atoms with Crippen molar-refractivity contribution in [1.82, 2.24) is 5.32 Å². The van der Waals surface area contributed by atoms with Gasteiger partial charge in [-0.15, -0.1) is 0 Å². The summed E-state index contributed by atoms with van der Waals surface area (Å²) < 4.78 is 23.7. The van der Waals surface area contributed by atoms with Crippen LogP contribution in [0, 0.1) is 5.92 Å². The summed E-state index contributed by atoms with van der Waals surface area (Å²) in [5, 5.41) is 2.85. The summed E-state index contributed by atoms with van der Waals surface area (Å²) in [4.78, 5) is 0. The predicted octanol–water partition coefficient (Wildman–Crippen LogP) is 3.20. The molecule has 1 aliphatic rings. The maximum Gasteiger partial charge on any atom is 0.250 e. The summed E-state index contributed by atoms with van der Waals surface area (Å²) in [6, 6.07) is 0. The van der Waals surface area contributed by atoms with E-state index in [1.165, 1.54) is 44.9 Å². The van der Waals surface area contributed by atoms with Gasteiger partial charge in [-0.3, -0.25) is 0 Å². The molecule has 0 aromatic heterocycles. The number of rotatable bonds is 4. The van der Waals surface area contributed by atoms with E-state index in [0.29, 0.717) is 5.92 Å². The molecule has 0 heterocycles. The van der Waals surface area contributed by atoms with Gasteiger partial charge in [0.25, 0.3) is 6.43 Å². The lowest BCUT2D eigenvalue weighted by Crippen LogP contribution is -2.27. The smallest absolute Gasteiger partial charge is 0.250 e. The SMILES string of the molecule is FC(F)CNCC1CCCCCCC1. The van der Waals surface area contributed by atoms with E-state index in [9.17, 15) is 8.78 Å². The zero-order chi connectivity index (χ0) is 10.2. The molecule has 0 aromatic rings. The molecular formula is C11H21F2N. The van der Waals surface area contributed by atoms with Crippen LogP contribution < -0.4 is 5.32 Å². The highest BCUT2D eigenvalue weighted by Crippen LogP contribution is 2.21. The lowest BCUT2D eigenvalue weighted by molar-refractivity contribution is 0.143. The van der Waals surface area contributed by atoms with Gasteiger partial charge in [0.1, 0.15) is 0 Å². The minimum atomic E-state index is -2.21. The van der Waals surface area contributed by atoms with Crippen molar-refractivity contribution >= 4 is 0 Å². The first-order valence-electron chi connectivity index (χ1n) is 5.78. The zero-order valence-electron chi connectivity index (χ0n) is 8.77. The van der Waals surface area contributed by atoms with Gasteiger partial charge < -0.3 is 5.32 Å². The summed E-state index contributed by atoms with van der Waals surface area (Å²) >= 11 is 0. The topological polar surface area (TPSA) is 12.0 Å². The van der Waals surface area contributed by atoms with Gasteiger partial charge >= 0.3 is 0 Å². The highest BCUT2D eigenvalue weighted by atomic mass is 19.3. The highest BCUT2D eigenvalue weighted by molar-refractivity contribution is 4.66. The quantitative estimate of drug-likeness (QED) is 0.743. The molecule has 1 fully saturated rings. The van der Waals surface area contributed by atoms with Gasteiger partial charge in [0.2, 0.25) is 0 Å². The Hall–Kier alpha value is -0.180. The number of hydrogen-bond acceptors (Lipinski definition) is 1. The molecule has 1 nitrogen and oxygen atoms in total. The van der Waals surface area contributed by atoms with Crippen molar-refractivity contribution in [2.75, 3.05) is 13.1 Å². The summed E-state index contributed by atoms with van der Waals surface area (Å²) in [6.07, 6.45) is 6.80. The third-order valence-corrected chi connectivity index (χ3v) is 2.96. The van der Waals surface area contributed by atoms with E-state index in [0.717, 1.165) is 6.54 Å². The summed E-state index contributed by atoms with van der Waals surface area (Å²) in [5.41, 5.74) is 0. The average molecular weight is 205 g/mol. The Bertz CT molecular complexity index is 131. The molecule has 0 aliphatic heterocycles. The predicted molar refractivity (Wildman–Crippen MR) is 54.7 cm³/mol. The van der Waals surface area contributed by atoms with Crippen LogP contribution in [0.4, 0.5) is 8.78 Å². The molecule has 0 aromatic carbocycles. The molecule has 1 N–H and O–H groups in total. The fourth-order valence-corrected chi connectivity index (χ4v) is 2.14. The van der Waals surface area contributed by atoms with Crippen LogP contribution in [0.15, 0.2) is 0 Å². The lowest BCUT2D eigenvalue weighted by Gasteiger charge is -2.19. The second-order valence-electron chi connectivity index (χ2n) is 4.26. The molecular weight excluding hydrogens is 184 g/mol. The molecule has 1 rings (SSSR count). The Kier molecular flexibility index (Phi) is 6.08. The van der Waals surface area contributed by atoms with E-state index >= 15 is 0 Å². The van der Waals surface area contributed by atoms with Crippen LogP contribution in [-0.2, 0) is 0 Å². The van der Waals surface area contributed by atoms with Crippen LogP contribution in [0.3, 0.4) is 0 Å². The molecule has 0 unspecified atom stereocenters. The van der Waals surface area contributed by atoms with Crippen LogP contribution >= 0.6 is 0 Å². The van der Waals surface area contributed by atoms with E-state index in [4.69, 9.17) is 0 Å². The van der Waals surface area contributed by atoms with Gasteiger partial charge in [0.05, 0.1) is 6.54 Å². The van der Waals surface area contributed by atoms with Crippen molar-refractivity contribution in [2.24, 2.45) is 5.92 Å². The third kappa shape index (κ3) is 5.53. The van der Waals surface area contributed by atoms with Crippen LogP contribution in [-0.4, -0.2) is 19.5 Å². The summed E-state index contributed by atoms with van der Waals surface area (Å²) in [7, 11) is 0. The van der Waals surface area contributed by atoms with E-state index in [2.05, 4.69) is 5.32 Å². The van der Waals surface area contributed by atoms with Crippen molar-refractivity contribution in [3.05, 3.63) is 0 Å². The van der Waals surface area contributed by atoms with E-state index in [1.807, 2.05) is 0 Å². The van der Waals surface area contributed by atoms with E-state index in [1.54, 1.807) is 0 Å². The normalized spacial score (nSPS) is 20.8. The maximum atomic E-state index is 11.9. The van der Waals surface area contributed by atoms with Gasteiger partial charge in [-0.2, -0.15) is 0 Å². The van der Waals surface area contributed by atoms with Crippen molar-refractivity contribution in [2.45, 2.75) is 51.4 Å². The molecule has 0 amide bonds. The minimum Gasteiger partial charge on any atom is -0.311 e. The molecule has 0 atom stereocenters. The maximum absolute atomic E-state index is 11.9. The first kappa shape index (κ1) is 11.9. The van der Waals surface area contributed by atoms with Crippen molar-refractivity contribution in [3.8, 4) is 0 Å². The molecule has 0 bridgehead atoms. The molecule has 0 saturated heterocycles. The van der Waals surface area contributed by atoms with E-state index < -0.39 is 6.43 Å². The van der Waals surface area contributed by atoms with Gasteiger partial charge in [-0.25, -0.2) is 8.78 Å². The first-order valence-corrected chi connectivity index (χ1v) is 5.78. The highest BCUT2D eigenvalue weighted by Gasteiger charge is 2.11. The Morgan fingerprint density at radius 1 is 1.00 bits per heavy atom. The number of hydrogen-bond donors (Lipinski definition) is 1. The Morgan fingerprint density at radius 2 is 1.57 bits per heavy atom. The first-order chi connectivity index (χ1) is 6.79. The Balaban J connectivity index is 2.08. The van der Waals surface area contributed by atoms with Crippen molar-refractivity contribution in [3.63, 3.8) is 0 Å².